The fourth-order valence-corrected chi connectivity index (χ4v) is 5.25. The van der Waals surface area contributed by atoms with Crippen LogP contribution in [-0.2, 0) is 15.5 Å². The molecule has 0 spiro atoms. The van der Waals surface area contributed by atoms with Crippen molar-refractivity contribution in [2.24, 2.45) is 0 Å². The lowest BCUT2D eigenvalue weighted by atomic mass is 9.63. The molecule has 1 aliphatic rings. The first kappa shape index (κ1) is 25.1. The van der Waals surface area contributed by atoms with Gasteiger partial charge < -0.3 is 14.2 Å². The van der Waals surface area contributed by atoms with Gasteiger partial charge in [-0.2, -0.15) is 0 Å². The summed E-state index contributed by atoms with van der Waals surface area (Å²) in [5.41, 5.74) is 6.35. The lowest BCUT2D eigenvalue weighted by Crippen LogP contribution is -2.49. The highest BCUT2D eigenvalue weighted by Crippen LogP contribution is 2.47. The van der Waals surface area contributed by atoms with Crippen LogP contribution in [-0.4, -0.2) is 23.8 Å². The Balaban J connectivity index is 1.69. The molecule has 0 aliphatic heterocycles. The van der Waals surface area contributed by atoms with E-state index in [9.17, 15) is 5.11 Å². The maximum atomic E-state index is 10.6. The minimum Gasteiger partial charge on any atom is -0.455 e. The van der Waals surface area contributed by atoms with Gasteiger partial charge >= 0.3 is 7.48 Å². The van der Waals surface area contributed by atoms with Crippen LogP contribution in [0.4, 0.5) is 0 Å². The molecule has 0 amide bonds. The molecule has 3 aromatic carbocycles. The molecule has 1 N–H and O–H groups in total. The van der Waals surface area contributed by atoms with E-state index in [-0.39, 0.29) is 10.8 Å². The quantitative estimate of drug-likeness (QED) is 0.302. The molecule has 0 atom stereocenters. The summed E-state index contributed by atoms with van der Waals surface area (Å²) >= 11 is 0. The Kier molecular flexibility index (Phi) is 5.74. The van der Waals surface area contributed by atoms with Crippen molar-refractivity contribution in [3.8, 4) is 11.1 Å². The third kappa shape index (κ3) is 4.19. The highest BCUT2D eigenvalue weighted by atomic mass is 16.5. The van der Waals surface area contributed by atoms with Gasteiger partial charge in [0.2, 0.25) is 0 Å². The number of hydrogen-bond acceptors (Lipinski definition) is 3. The monoisotopic (exact) mass is 481 g/mol. The van der Waals surface area contributed by atoms with E-state index in [2.05, 4.69) is 64.1 Å². The second kappa shape index (κ2) is 8.23. The van der Waals surface area contributed by atoms with Gasteiger partial charge in [0.25, 0.3) is 0 Å². The molecule has 3 nitrogen and oxygen atoms in total. The highest BCUT2D eigenvalue weighted by molar-refractivity contribution is 6.48. The Morgan fingerprint density at radius 3 is 2.19 bits per heavy atom. The Hall–Kier alpha value is -2.56. The summed E-state index contributed by atoms with van der Waals surface area (Å²) < 4.78 is 12.6. The van der Waals surface area contributed by atoms with Crippen LogP contribution in [0.15, 0.2) is 59.0 Å². The van der Waals surface area contributed by atoms with Crippen LogP contribution in [0.2, 0.25) is 0 Å². The number of aliphatic hydroxyl groups is 1. The fraction of sp³-hybridized carbons (Fsp3) is 0.438. The van der Waals surface area contributed by atoms with Crippen molar-refractivity contribution in [1.82, 2.24) is 0 Å². The molecule has 1 heterocycles. The number of para-hydroxylation sites is 1. The standard InChI is InChI=1S/C32H38BO3/c1-29(2)15-16-30(3,4)26-17-20(13-14-25(26)29)23-18-21(33-36-32(7,8)31(5,6)34)19-24-22-11-9-10-12-27(22)35-28(23)24/h9-14,17-19,34H,15-16H2,1-8H3. The van der Waals surface area contributed by atoms with Gasteiger partial charge in [0.15, 0.2) is 0 Å². The van der Waals surface area contributed by atoms with Gasteiger partial charge in [-0.05, 0) is 74.1 Å². The first-order chi connectivity index (χ1) is 16.7. The number of furan rings is 1. The van der Waals surface area contributed by atoms with E-state index in [4.69, 9.17) is 9.07 Å². The van der Waals surface area contributed by atoms with Crippen LogP contribution in [0.25, 0.3) is 33.1 Å². The molecule has 4 aromatic rings. The Morgan fingerprint density at radius 1 is 0.833 bits per heavy atom. The maximum absolute atomic E-state index is 10.6. The first-order valence-corrected chi connectivity index (χ1v) is 13.0. The summed E-state index contributed by atoms with van der Waals surface area (Å²) in [4.78, 5) is 0. The van der Waals surface area contributed by atoms with Crippen molar-refractivity contribution >= 4 is 34.9 Å². The van der Waals surface area contributed by atoms with Crippen molar-refractivity contribution in [1.29, 1.82) is 0 Å². The van der Waals surface area contributed by atoms with Crippen LogP contribution in [0.1, 0.15) is 79.4 Å². The number of hydrogen-bond donors (Lipinski definition) is 1. The molecule has 4 heteroatoms. The molecule has 0 saturated heterocycles. The molecule has 1 aliphatic carbocycles. The van der Waals surface area contributed by atoms with Gasteiger partial charge in [-0.15, -0.1) is 0 Å². The van der Waals surface area contributed by atoms with Crippen LogP contribution >= 0.6 is 0 Å². The smallest absolute Gasteiger partial charge is 0.330 e. The van der Waals surface area contributed by atoms with E-state index >= 15 is 0 Å². The summed E-state index contributed by atoms with van der Waals surface area (Å²) in [6, 6.07) is 19.4. The molecule has 36 heavy (non-hydrogen) atoms. The van der Waals surface area contributed by atoms with Crippen LogP contribution in [0.5, 0.6) is 0 Å². The maximum Gasteiger partial charge on any atom is 0.330 e. The molecule has 5 rings (SSSR count). The highest BCUT2D eigenvalue weighted by Gasteiger charge is 2.38. The minimum atomic E-state index is -0.990. The molecule has 0 bridgehead atoms. The Labute approximate surface area is 216 Å². The molecule has 0 saturated carbocycles. The molecule has 187 valence electrons. The lowest BCUT2D eigenvalue weighted by molar-refractivity contribution is -0.0893. The minimum absolute atomic E-state index is 0.122. The van der Waals surface area contributed by atoms with E-state index in [0.717, 1.165) is 38.5 Å². The Morgan fingerprint density at radius 2 is 1.50 bits per heavy atom. The van der Waals surface area contributed by atoms with Gasteiger partial charge in [-0.25, -0.2) is 0 Å². The summed E-state index contributed by atoms with van der Waals surface area (Å²) in [6.45, 7) is 16.8. The van der Waals surface area contributed by atoms with Crippen molar-refractivity contribution in [3.63, 3.8) is 0 Å². The molecular weight excluding hydrogens is 443 g/mol. The first-order valence-electron chi connectivity index (χ1n) is 13.0. The van der Waals surface area contributed by atoms with Crippen molar-refractivity contribution in [2.75, 3.05) is 0 Å². The fourth-order valence-electron chi connectivity index (χ4n) is 5.25. The average molecular weight is 481 g/mol. The van der Waals surface area contributed by atoms with E-state index in [1.54, 1.807) is 21.3 Å². The van der Waals surface area contributed by atoms with Crippen LogP contribution in [0, 0.1) is 0 Å². The third-order valence-electron chi connectivity index (χ3n) is 8.63. The third-order valence-corrected chi connectivity index (χ3v) is 8.63. The lowest BCUT2D eigenvalue weighted by Gasteiger charge is -2.42. The molecular formula is C32H38BO3. The zero-order valence-electron chi connectivity index (χ0n) is 23.0. The number of fused-ring (bicyclic) bond motifs is 4. The predicted octanol–water partition coefficient (Wildman–Crippen LogP) is 7.41. The summed E-state index contributed by atoms with van der Waals surface area (Å²) in [6.07, 6.45) is 2.36. The summed E-state index contributed by atoms with van der Waals surface area (Å²) in [7, 11) is 1.77. The topological polar surface area (TPSA) is 42.6 Å². The van der Waals surface area contributed by atoms with Crippen molar-refractivity contribution in [3.05, 3.63) is 65.7 Å². The van der Waals surface area contributed by atoms with Gasteiger partial charge in [-0.1, -0.05) is 81.7 Å². The van der Waals surface area contributed by atoms with Crippen LogP contribution in [0.3, 0.4) is 0 Å². The van der Waals surface area contributed by atoms with E-state index in [1.165, 1.54) is 24.0 Å². The largest absolute Gasteiger partial charge is 0.455 e. The average Bonchev–Trinajstić information content (AvgIpc) is 3.18. The molecule has 0 unspecified atom stereocenters. The summed E-state index contributed by atoms with van der Waals surface area (Å²) in [5, 5.41) is 12.7. The van der Waals surface area contributed by atoms with Gasteiger partial charge in [0.05, 0.1) is 11.2 Å². The molecule has 1 aromatic heterocycles. The van der Waals surface area contributed by atoms with Crippen molar-refractivity contribution in [2.45, 2.75) is 90.3 Å². The molecule has 0 fully saturated rings. The predicted molar refractivity (Wildman–Crippen MR) is 151 cm³/mol. The zero-order chi connectivity index (χ0) is 26.1. The number of rotatable bonds is 5. The molecule has 1 radical (unpaired) electrons. The normalized spacial score (nSPS) is 17.4. The SMILES string of the molecule is CC1(C)CCC(C)(C)c2cc(-c3cc([B]OC(C)(C)C(C)(C)O)cc4c3oc3ccccc34)ccc21. The summed E-state index contributed by atoms with van der Waals surface area (Å²) in [5.74, 6) is 0. The van der Waals surface area contributed by atoms with E-state index in [0.29, 0.717) is 0 Å². The van der Waals surface area contributed by atoms with E-state index in [1.807, 2.05) is 32.0 Å². The van der Waals surface area contributed by atoms with Crippen molar-refractivity contribution < 1.29 is 14.2 Å². The van der Waals surface area contributed by atoms with Gasteiger partial charge in [0, 0.05) is 16.3 Å². The second-order valence-electron chi connectivity index (χ2n) is 12.9. The zero-order valence-corrected chi connectivity index (χ0v) is 23.0. The van der Waals surface area contributed by atoms with Crippen LogP contribution < -0.4 is 5.46 Å². The Bertz CT molecular complexity index is 1450. The van der Waals surface area contributed by atoms with Gasteiger partial charge in [0.1, 0.15) is 11.2 Å². The second-order valence-corrected chi connectivity index (χ2v) is 12.9. The van der Waals surface area contributed by atoms with E-state index < -0.39 is 11.2 Å². The number of benzene rings is 3. The van der Waals surface area contributed by atoms with Gasteiger partial charge in [-0.3, -0.25) is 0 Å².